The summed E-state index contributed by atoms with van der Waals surface area (Å²) in [7, 11) is 0. The van der Waals surface area contributed by atoms with Gasteiger partial charge in [-0.3, -0.25) is 4.98 Å². The van der Waals surface area contributed by atoms with Crippen molar-refractivity contribution in [1.82, 2.24) is 9.38 Å². The van der Waals surface area contributed by atoms with E-state index in [0.717, 1.165) is 11.2 Å². The zero-order valence-corrected chi connectivity index (χ0v) is 8.17. The number of hydrogen-bond donors (Lipinski definition) is 0. The predicted octanol–water partition coefficient (Wildman–Crippen LogP) is 3.00. The van der Waals surface area contributed by atoms with Crippen LogP contribution in [-0.2, 0) is 0 Å². The van der Waals surface area contributed by atoms with Gasteiger partial charge in [0.1, 0.15) is 0 Å². The molecule has 2 aromatic heterocycles. The molecule has 0 spiro atoms. The molecule has 1 aromatic carbocycles. The minimum absolute atomic E-state index is 1.12. The largest absolute Gasteiger partial charge is 0.314 e. The molecule has 0 N–H and O–H groups in total. The lowest BCUT2D eigenvalue weighted by Crippen LogP contribution is -1.90. The first-order chi connectivity index (χ1) is 7.45. The van der Waals surface area contributed by atoms with Crippen LogP contribution >= 0.6 is 0 Å². The van der Waals surface area contributed by atoms with Gasteiger partial charge in [-0.2, -0.15) is 0 Å². The zero-order chi connectivity index (χ0) is 10.1. The molecule has 2 heteroatoms. The van der Waals surface area contributed by atoms with E-state index in [1.54, 1.807) is 0 Å². The number of hydrogen-bond acceptors (Lipinski definition) is 1. The topological polar surface area (TPSA) is 17.3 Å². The summed E-state index contributed by atoms with van der Waals surface area (Å²) in [5.74, 6) is 0. The Balaban J connectivity index is 2.31. The summed E-state index contributed by atoms with van der Waals surface area (Å²) in [5.41, 5.74) is 3.43. The average molecular weight is 194 g/mol. The van der Waals surface area contributed by atoms with Crippen molar-refractivity contribution in [2.45, 2.75) is 0 Å². The normalized spacial score (nSPS) is 10.7. The molecular weight excluding hydrogens is 184 g/mol. The Morgan fingerprint density at radius 1 is 0.867 bits per heavy atom. The van der Waals surface area contributed by atoms with E-state index in [0.29, 0.717) is 0 Å². The van der Waals surface area contributed by atoms with Crippen LogP contribution in [0.2, 0.25) is 0 Å². The summed E-state index contributed by atoms with van der Waals surface area (Å²) >= 11 is 0. The second-order valence-corrected chi connectivity index (χ2v) is 3.46. The van der Waals surface area contributed by atoms with Gasteiger partial charge in [-0.15, -0.1) is 0 Å². The highest BCUT2D eigenvalue weighted by molar-refractivity contribution is 5.63. The van der Waals surface area contributed by atoms with Crippen molar-refractivity contribution < 1.29 is 0 Å². The Labute approximate surface area is 87.8 Å². The number of aromatic nitrogens is 2. The SMILES string of the molecule is c1ccc(-c2cncc3cccn23)cc1. The van der Waals surface area contributed by atoms with E-state index < -0.39 is 0 Å². The molecule has 3 aromatic rings. The highest BCUT2D eigenvalue weighted by atomic mass is 14.9. The van der Waals surface area contributed by atoms with Crippen molar-refractivity contribution in [3.05, 3.63) is 61.1 Å². The van der Waals surface area contributed by atoms with Crippen LogP contribution in [0.5, 0.6) is 0 Å². The van der Waals surface area contributed by atoms with Crippen LogP contribution in [0.15, 0.2) is 61.1 Å². The third kappa shape index (κ3) is 1.31. The molecule has 2 nitrogen and oxygen atoms in total. The van der Waals surface area contributed by atoms with E-state index >= 15 is 0 Å². The van der Waals surface area contributed by atoms with Crippen LogP contribution in [-0.4, -0.2) is 9.38 Å². The Hall–Kier alpha value is -2.09. The van der Waals surface area contributed by atoms with E-state index in [1.807, 2.05) is 36.7 Å². The van der Waals surface area contributed by atoms with E-state index in [4.69, 9.17) is 0 Å². The van der Waals surface area contributed by atoms with Crippen LogP contribution in [0, 0.1) is 0 Å². The molecule has 0 saturated carbocycles. The molecule has 72 valence electrons. The lowest BCUT2D eigenvalue weighted by molar-refractivity contribution is 1.15. The lowest BCUT2D eigenvalue weighted by Gasteiger charge is -2.04. The third-order valence-electron chi connectivity index (χ3n) is 2.51. The molecule has 15 heavy (non-hydrogen) atoms. The molecule has 0 radical (unpaired) electrons. The van der Waals surface area contributed by atoms with Crippen molar-refractivity contribution >= 4 is 5.52 Å². The first-order valence-corrected chi connectivity index (χ1v) is 4.92. The van der Waals surface area contributed by atoms with Crippen molar-refractivity contribution in [2.75, 3.05) is 0 Å². The van der Waals surface area contributed by atoms with E-state index in [-0.39, 0.29) is 0 Å². The highest BCUT2D eigenvalue weighted by Crippen LogP contribution is 2.19. The molecule has 0 atom stereocenters. The summed E-state index contributed by atoms with van der Waals surface area (Å²) in [6.07, 6.45) is 5.81. The van der Waals surface area contributed by atoms with Gasteiger partial charge in [-0.05, 0) is 12.1 Å². The van der Waals surface area contributed by atoms with Gasteiger partial charge in [0.25, 0.3) is 0 Å². The molecule has 0 aliphatic carbocycles. The summed E-state index contributed by atoms with van der Waals surface area (Å²) in [5, 5.41) is 0. The predicted molar refractivity (Wildman–Crippen MR) is 60.6 cm³/mol. The first kappa shape index (κ1) is 8.24. The van der Waals surface area contributed by atoms with Crippen LogP contribution in [0.3, 0.4) is 0 Å². The second kappa shape index (κ2) is 3.24. The fourth-order valence-corrected chi connectivity index (χ4v) is 1.79. The van der Waals surface area contributed by atoms with Crippen molar-refractivity contribution in [3.63, 3.8) is 0 Å². The smallest absolute Gasteiger partial charge is 0.0711 e. The quantitative estimate of drug-likeness (QED) is 0.582. The Morgan fingerprint density at radius 3 is 2.60 bits per heavy atom. The van der Waals surface area contributed by atoms with Crippen molar-refractivity contribution in [1.29, 1.82) is 0 Å². The Morgan fingerprint density at radius 2 is 1.73 bits per heavy atom. The summed E-state index contributed by atoms with van der Waals surface area (Å²) in [4.78, 5) is 4.24. The van der Waals surface area contributed by atoms with Crippen molar-refractivity contribution in [3.8, 4) is 11.3 Å². The van der Waals surface area contributed by atoms with Crippen LogP contribution in [0.25, 0.3) is 16.8 Å². The number of nitrogens with zero attached hydrogens (tertiary/aromatic N) is 2. The van der Waals surface area contributed by atoms with E-state index in [9.17, 15) is 0 Å². The number of rotatable bonds is 1. The van der Waals surface area contributed by atoms with Gasteiger partial charge in [0.2, 0.25) is 0 Å². The molecule has 0 amide bonds. The van der Waals surface area contributed by atoms with Crippen LogP contribution < -0.4 is 0 Å². The minimum Gasteiger partial charge on any atom is -0.314 e. The molecule has 0 aliphatic rings. The maximum atomic E-state index is 4.24. The van der Waals surface area contributed by atoms with Gasteiger partial charge in [-0.1, -0.05) is 30.3 Å². The number of fused-ring (bicyclic) bond motifs is 1. The second-order valence-electron chi connectivity index (χ2n) is 3.46. The van der Waals surface area contributed by atoms with Crippen LogP contribution in [0.4, 0.5) is 0 Å². The Kier molecular flexibility index (Phi) is 1.78. The number of benzene rings is 1. The van der Waals surface area contributed by atoms with Gasteiger partial charge >= 0.3 is 0 Å². The molecule has 0 fully saturated rings. The van der Waals surface area contributed by atoms with Gasteiger partial charge in [0.15, 0.2) is 0 Å². The first-order valence-electron chi connectivity index (χ1n) is 4.92. The molecule has 0 saturated heterocycles. The van der Waals surface area contributed by atoms with Gasteiger partial charge in [0.05, 0.1) is 23.6 Å². The molecule has 0 unspecified atom stereocenters. The van der Waals surface area contributed by atoms with E-state index in [1.165, 1.54) is 5.56 Å². The summed E-state index contributed by atoms with van der Waals surface area (Å²) in [6, 6.07) is 14.4. The van der Waals surface area contributed by atoms with E-state index in [2.05, 4.69) is 33.8 Å². The fraction of sp³-hybridized carbons (Fsp3) is 0. The Bertz CT molecular complexity index is 582. The monoisotopic (exact) mass is 194 g/mol. The third-order valence-corrected chi connectivity index (χ3v) is 2.51. The lowest BCUT2D eigenvalue weighted by atomic mass is 10.1. The molecule has 0 aliphatic heterocycles. The molecule has 2 heterocycles. The standard InChI is InChI=1S/C13H10N2/c1-2-5-11(6-3-1)13-10-14-9-12-7-4-8-15(12)13/h1-10H. The molecule has 3 rings (SSSR count). The van der Waals surface area contributed by atoms with Gasteiger partial charge in [-0.25, -0.2) is 0 Å². The molecule has 0 bridgehead atoms. The van der Waals surface area contributed by atoms with Crippen LogP contribution in [0.1, 0.15) is 0 Å². The maximum Gasteiger partial charge on any atom is 0.0711 e. The summed E-state index contributed by atoms with van der Waals surface area (Å²) < 4.78 is 2.14. The summed E-state index contributed by atoms with van der Waals surface area (Å²) in [6.45, 7) is 0. The molecular formula is C13H10N2. The average Bonchev–Trinajstić information content (AvgIpc) is 2.78. The van der Waals surface area contributed by atoms with Gasteiger partial charge in [0, 0.05) is 11.8 Å². The zero-order valence-electron chi connectivity index (χ0n) is 8.17. The van der Waals surface area contributed by atoms with Gasteiger partial charge < -0.3 is 4.40 Å². The maximum absolute atomic E-state index is 4.24. The van der Waals surface area contributed by atoms with Crippen molar-refractivity contribution in [2.24, 2.45) is 0 Å². The highest BCUT2D eigenvalue weighted by Gasteiger charge is 2.01. The minimum atomic E-state index is 1.12. The fourth-order valence-electron chi connectivity index (χ4n) is 1.79.